The standard InChI is InChI=1S/C15H19N3OS/c1-10(2)13(15(19)18(3)4)20-14-12-8-6-5-7-11(12)9-16-17-14/h5-10,13H,1-4H3. The van der Waals surface area contributed by atoms with Crippen molar-refractivity contribution in [3.8, 4) is 0 Å². The van der Waals surface area contributed by atoms with Crippen LogP contribution >= 0.6 is 11.8 Å². The molecular formula is C15H19N3OS. The number of nitrogens with zero attached hydrogens (tertiary/aromatic N) is 3. The van der Waals surface area contributed by atoms with E-state index in [4.69, 9.17) is 0 Å². The van der Waals surface area contributed by atoms with E-state index in [2.05, 4.69) is 24.0 Å². The van der Waals surface area contributed by atoms with Crippen LogP contribution in [-0.2, 0) is 4.79 Å². The minimum Gasteiger partial charge on any atom is -0.348 e. The number of carbonyl (C=O) groups excluding carboxylic acids is 1. The summed E-state index contributed by atoms with van der Waals surface area (Å²) in [6.07, 6.45) is 1.75. The van der Waals surface area contributed by atoms with E-state index >= 15 is 0 Å². The lowest BCUT2D eigenvalue weighted by Crippen LogP contribution is -2.34. The molecule has 2 rings (SSSR count). The Hall–Kier alpha value is -1.62. The zero-order valence-corrected chi connectivity index (χ0v) is 13.0. The Labute approximate surface area is 123 Å². The van der Waals surface area contributed by atoms with Crippen molar-refractivity contribution in [1.29, 1.82) is 0 Å². The van der Waals surface area contributed by atoms with Crippen LogP contribution < -0.4 is 0 Å². The van der Waals surface area contributed by atoms with Crippen LogP contribution in [0.25, 0.3) is 10.8 Å². The number of hydrogen-bond donors (Lipinski definition) is 0. The first-order chi connectivity index (χ1) is 9.50. The van der Waals surface area contributed by atoms with Crippen molar-refractivity contribution < 1.29 is 4.79 Å². The fourth-order valence-electron chi connectivity index (χ4n) is 1.94. The van der Waals surface area contributed by atoms with Crippen molar-refractivity contribution >= 4 is 28.4 Å². The molecule has 0 N–H and O–H groups in total. The Balaban J connectivity index is 2.36. The van der Waals surface area contributed by atoms with Crippen LogP contribution in [0, 0.1) is 5.92 Å². The zero-order chi connectivity index (χ0) is 14.7. The molecule has 0 radical (unpaired) electrons. The quantitative estimate of drug-likeness (QED) is 0.812. The highest BCUT2D eigenvalue weighted by Gasteiger charge is 2.26. The summed E-state index contributed by atoms with van der Waals surface area (Å²) in [6.45, 7) is 4.11. The maximum Gasteiger partial charge on any atom is 0.235 e. The number of aromatic nitrogens is 2. The molecule has 106 valence electrons. The first-order valence-corrected chi connectivity index (χ1v) is 7.47. The third kappa shape index (κ3) is 3.10. The van der Waals surface area contributed by atoms with Crippen LogP contribution in [0.2, 0.25) is 0 Å². The molecule has 0 saturated heterocycles. The van der Waals surface area contributed by atoms with E-state index in [1.807, 2.05) is 24.3 Å². The van der Waals surface area contributed by atoms with Crippen LogP contribution in [0.15, 0.2) is 35.5 Å². The molecule has 4 nitrogen and oxygen atoms in total. The molecule has 0 bridgehead atoms. The molecule has 20 heavy (non-hydrogen) atoms. The number of rotatable bonds is 4. The number of benzene rings is 1. The molecule has 1 heterocycles. The smallest absolute Gasteiger partial charge is 0.235 e. The zero-order valence-electron chi connectivity index (χ0n) is 12.2. The molecule has 1 aromatic carbocycles. The van der Waals surface area contributed by atoms with Gasteiger partial charge in [0.2, 0.25) is 5.91 Å². The summed E-state index contributed by atoms with van der Waals surface area (Å²) in [5.41, 5.74) is 0. The lowest BCUT2D eigenvalue weighted by atomic mass is 10.1. The van der Waals surface area contributed by atoms with E-state index in [1.54, 1.807) is 25.2 Å². The van der Waals surface area contributed by atoms with Gasteiger partial charge in [-0.1, -0.05) is 49.9 Å². The largest absolute Gasteiger partial charge is 0.348 e. The number of carbonyl (C=O) groups is 1. The molecule has 1 aromatic heterocycles. The van der Waals surface area contributed by atoms with Crippen LogP contribution in [-0.4, -0.2) is 40.3 Å². The van der Waals surface area contributed by atoms with Crippen LogP contribution in [0.3, 0.4) is 0 Å². The van der Waals surface area contributed by atoms with Crippen molar-refractivity contribution in [3.05, 3.63) is 30.5 Å². The van der Waals surface area contributed by atoms with Gasteiger partial charge in [-0.2, -0.15) is 5.10 Å². The maximum absolute atomic E-state index is 12.3. The molecule has 0 aliphatic carbocycles. The van der Waals surface area contributed by atoms with E-state index in [9.17, 15) is 4.79 Å². The summed E-state index contributed by atoms with van der Waals surface area (Å²) >= 11 is 1.50. The van der Waals surface area contributed by atoms with Gasteiger partial charge < -0.3 is 4.90 Å². The van der Waals surface area contributed by atoms with Crippen molar-refractivity contribution in [2.24, 2.45) is 5.92 Å². The van der Waals surface area contributed by atoms with E-state index in [0.29, 0.717) is 0 Å². The Morgan fingerprint density at radius 3 is 2.60 bits per heavy atom. The molecular weight excluding hydrogens is 270 g/mol. The Bertz CT molecular complexity index is 608. The fraction of sp³-hybridized carbons (Fsp3) is 0.400. The molecule has 0 aliphatic rings. The second kappa shape index (κ2) is 6.22. The minimum absolute atomic E-state index is 0.111. The SMILES string of the molecule is CC(C)C(Sc1nncc2ccccc12)C(=O)N(C)C. The monoisotopic (exact) mass is 289 g/mol. The van der Waals surface area contributed by atoms with Crippen LogP contribution in [0.4, 0.5) is 0 Å². The molecule has 1 amide bonds. The predicted molar refractivity (Wildman–Crippen MR) is 82.7 cm³/mol. The lowest BCUT2D eigenvalue weighted by Gasteiger charge is -2.22. The summed E-state index contributed by atoms with van der Waals surface area (Å²) in [5.74, 6) is 0.343. The molecule has 5 heteroatoms. The van der Waals surface area contributed by atoms with Crippen LogP contribution in [0.1, 0.15) is 13.8 Å². The Morgan fingerprint density at radius 1 is 1.25 bits per heavy atom. The minimum atomic E-state index is -0.148. The summed E-state index contributed by atoms with van der Waals surface area (Å²) in [6, 6.07) is 7.98. The summed E-state index contributed by atoms with van der Waals surface area (Å²) < 4.78 is 0. The summed E-state index contributed by atoms with van der Waals surface area (Å²) in [4.78, 5) is 13.9. The van der Waals surface area contributed by atoms with Gasteiger partial charge in [0, 0.05) is 24.9 Å². The van der Waals surface area contributed by atoms with Gasteiger partial charge in [-0.25, -0.2) is 0 Å². The first-order valence-electron chi connectivity index (χ1n) is 6.59. The second-order valence-corrected chi connectivity index (χ2v) is 6.38. The van der Waals surface area contributed by atoms with Gasteiger partial charge in [-0.3, -0.25) is 4.79 Å². The van der Waals surface area contributed by atoms with Crippen molar-refractivity contribution in [2.75, 3.05) is 14.1 Å². The average molecular weight is 289 g/mol. The second-order valence-electron chi connectivity index (χ2n) is 5.25. The maximum atomic E-state index is 12.3. The fourth-order valence-corrected chi connectivity index (χ4v) is 3.17. The van der Waals surface area contributed by atoms with Crippen LogP contribution in [0.5, 0.6) is 0 Å². The van der Waals surface area contributed by atoms with Gasteiger partial charge in [-0.15, -0.1) is 5.10 Å². The van der Waals surface area contributed by atoms with E-state index < -0.39 is 0 Å². The van der Waals surface area contributed by atoms with Gasteiger partial charge in [-0.05, 0) is 5.92 Å². The average Bonchev–Trinajstić information content (AvgIpc) is 2.43. The third-order valence-corrected chi connectivity index (χ3v) is 4.59. The molecule has 0 aliphatic heterocycles. The normalized spacial score (nSPS) is 12.7. The first kappa shape index (κ1) is 14.8. The topological polar surface area (TPSA) is 46.1 Å². The van der Waals surface area contributed by atoms with E-state index in [-0.39, 0.29) is 17.1 Å². The molecule has 0 spiro atoms. The number of thioether (sulfide) groups is 1. The van der Waals surface area contributed by atoms with E-state index in [0.717, 1.165) is 15.8 Å². The molecule has 1 unspecified atom stereocenters. The Kier molecular flexibility index (Phi) is 4.60. The number of amides is 1. The van der Waals surface area contributed by atoms with Crippen molar-refractivity contribution in [3.63, 3.8) is 0 Å². The third-order valence-electron chi connectivity index (χ3n) is 3.06. The van der Waals surface area contributed by atoms with Gasteiger partial charge in [0.05, 0.1) is 11.4 Å². The molecule has 0 saturated carbocycles. The molecule has 1 atom stereocenters. The van der Waals surface area contributed by atoms with Gasteiger partial charge in [0.25, 0.3) is 0 Å². The highest BCUT2D eigenvalue weighted by molar-refractivity contribution is 8.00. The number of hydrogen-bond acceptors (Lipinski definition) is 4. The molecule has 2 aromatic rings. The Morgan fingerprint density at radius 2 is 1.95 bits per heavy atom. The lowest BCUT2D eigenvalue weighted by molar-refractivity contribution is -0.128. The van der Waals surface area contributed by atoms with Crippen molar-refractivity contribution in [1.82, 2.24) is 15.1 Å². The summed E-state index contributed by atoms with van der Waals surface area (Å²) in [7, 11) is 3.57. The highest BCUT2D eigenvalue weighted by atomic mass is 32.2. The number of fused-ring (bicyclic) bond motifs is 1. The van der Waals surface area contributed by atoms with Crippen molar-refractivity contribution in [2.45, 2.75) is 24.1 Å². The van der Waals surface area contributed by atoms with E-state index in [1.165, 1.54) is 11.8 Å². The summed E-state index contributed by atoms with van der Waals surface area (Å²) in [5, 5.41) is 11.0. The highest BCUT2D eigenvalue weighted by Crippen LogP contribution is 2.32. The van der Waals surface area contributed by atoms with Gasteiger partial charge in [0.15, 0.2) is 0 Å². The van der Waals surface area contributed by atoms with Gasteiger partial charge in [0.1, 0.15) is 5.03 Å². The van der Waals surface area contributed by atoms with Gasteiger partial charge >= 0.3 is 0 Å². The molecule has 0 fully saturated rings. The predicted octanol–water partition coefficient (Wildman–Crippen LogP) is 2.83.